The van der Waals surface area contributed by atoms with E-state index in [1.54, 1.807) is 0 Å². The van der Waals surface area contributed by atoms with Gasteiger partial charge in [-0.3, -0.25) is 4.79 Å². The molecule has 1 aliphatic rings. The van der Waals surface area contributed by atoms with Crippen molar-refractivity contribution in [3.63, 3.8) is 0 Å². The maximum atomic E-state index is 14.6. The molecule has 0 spiro atoms. The number of hydrogen-bond donors (Lipinski definition) is 2. The molecule has 1 aliphatic heterocycles. The molecular weight excluding hydrogens is 508 g/mol. The number of amides is 1. The molecule has 0 fully saturated rings. The number of nitrogens with one attached hydrogen (secondary N) is 1. The molecule has 206 valence electrons. The number of rotatable bonds is 13. The summed E-state index contributed by atoms with van der Waals surface area (Å²) in [5, 5.41) is 11.8. The van der Waals surface area contributed by atoms with E-state index in [2.05, 4.69) is 56.6 Å². The third kappa shape index (κ3) is 6.88. The number of benzene rings is 2. The standard InChI is InChI=1S/C26H31F2N9O2/c1-35(2)11-12-36(3)10-5-13-39-18-8-9-19-21(14-18)30-17-31-26(19)32-24-16-37(34-33-24,15-23(29)38)22-7-4-6-20(27)25(22)28/h4,6-9,14,16-17H,5,10-13,15H2,1-3H3,(H2-,29,30,31,32,38)/p+1. The van der Waals surface area contributed by atoms with E-state index in [0.717, 1.165) is 32.1 Å². The zero-order valence-corrected chi connectivity index (χ0v) is 22.1. The van der Waals surface area contributed by atoms with Crippen LogP contribution >= 0.6 is 0 Å². The number of carbonyl (C=O) groups excluding carboxylic acids is 1. The number of nitrogens with zero attached hydrogens (tertiary/aromatic N) is 7. The van der Waals surface area contributed by atoms with Crippen molar-refractivity contribution >= 4 is 28.3 Å². The molecule has 11 nitrogen and oxygen atoms in total. The minimum atomic E-state index is -1.14. The van der Waals surface area contributed by atoms with Crippen molar-refractivity contribution < 1.29 is 18.3 Å². The van der Waals surface area contributed by atoms with Crippen LogP contribution in [0.15, 0.2) is 65.1 Å². The highest BCUT2D eigenvalue weighted by molar-refractivity contribution is 5.90. The Hall–Kier alpha value is -4.07. The molecule has 0 bridgehead atoms. The fourth-order valence-electron chi connectivity index (χ4n) is 4.10. The number of hydrogen-bond acceptors (Lipinski definition) is 9. The predicted molar refractivity (Wildman–Crippen MR) is 144 cm³/mol. The van der Waals surface area contributed by atoms with Crippen molar-refractivity contribution in [1.82, 2.24) is 24.4 Å². The van der Waals surface area contributed by atoms with Crippen LogP contribution in [0.3, 0.4) is 0 Å². The Morgan fingerprint density at radius 2 is 1.92 bits per heavy atom. The number of primary amides is 1. The third-order valence-corrected chi connectivity index (χ3v) is 6.13. The van der Waals surface area contributed by atoms with Gasteiger partial charge in [-0.05, 0) is 45.8 Å². The molecule has 1 amide bonds. The number of aromatic nitrogens is 2. The van der Waals surface area contributed by atoms with E-state index in [1.165, 1.54) is 24.7 Å². The lowest BCUT2D eigenvalue weighted by Crippen LogP contribution is -2.44. The second kappa shape index (κ2) is 12.2. The van der Waals surface area contributed by atoms with Gasteiger partial charge in [-0.15, -0.1) is 4.59 Å². The van der Waals surface area contributed by atoms with E-state index in [0.29, 0.717) is 29.1 Å². The number of nitrogens with two attached hydrogens (primary N) is 1. The SMILES string of the molecule is CN(C)CCN(C)CCCOc1ccc2c(NC3=C[N+](CC(N)=O)(c4cccc(F)c4F)N=N3)ncnc2c1. The van der Waals surface area contributed by atoms with Gasteiger partial charge < -0.3 is 25.6 Å². The van der Waals surface area contributed by atoms with Gasteiger partial charge in [0.05, 0.1) is 12.1 Å². The molecule has 0 saturated heterocycles. The van der Waals surface area contributed by atoms with Crippen LogP contribution in [0, 0.1) is 11.6 Å². The Morgan fingerprint density at radius 1 is 1.10 bits per heavy atom. The Morgan fingerprint density at radius 3 is 2.69 bits per heavy atom. The molecular formula is C26H32F2N9O2+. The van der Waals surface area contributed by atoms with Crippen molar-refractivity contribution in [3.05, 3.63) is 66.4 Å². The topological polar surface area (TPSA) is 121 Å². The molecule has 0 saturated carbocycles. The number of likely N-dealkylation sites (N-methyl/N-ethyl adjacent to an activating group) is 2. The van der Waals surface area contributed by atoms with Crippen LogP contribution in [0.4, 0.5) is 20.3 Å². The summed E-state index contributed by atoms with van der Waals surface area (Å²) in [5.41, 5.74) is 5.83. The van der Waals surface area contributed by atoms with E-state index in [4.69, 9.17) is 10.5 Å². The van der Waals surface area contributed by atoms with Crippen LogP contribution in [0.5, 0.6) is 5.75 Å². The molecule has 1 atom stereocenters. The van der Waals surface area contributed by atoms with Crippen LogP contribution in [-0.2, 0) is 4.79 Å². The lowest BCUT2D eigenvalue weighted by atomic mass is 10.2. The fourth-order valence-corrected chi connectivity index (χ4v) is 4.10. The summed E-state index contributed by atoms with van der Waals surface area (Å²) < 4.78 is 33.7. The molecule has 3 aromatic rings. The molecule has 39 heavy (non-hydrogen) atoms. The number of ether oxygens (including phenoxy) is 1. The highest BCUT2D eigenvalue weighted by Crippen LogP contribution is 2.35. The number of quaternary nitrogens is 1. The van der Waals surface area contributed by atoms with Crippen molar-refractivity contribution in [2.75, 3.05) is 59.2 Å². The highest BCUT2D eigenvalue weighted by atomic mass is 19.2. The lowest BCUT2D eigenvalue weighted by molar-refractivity contribution is -0.118. The predicted octanol–water partition coefficient (Wildman–Crippen LogP) is 3.25. The minimum absolute atomic E-state index is 0.179. The summed E-state index contributed by atoms with van der Waals surface area (Å²) in [7, 11) is 6.21. The largest absolute Gasteiger partial charge is 0.493 e. The van der Waals surface area contributed by atoms with Crippen LogP contribution in [0.2, 0.25) is 0 Å². The van der Waals surface area contributed by atoms with E-state index in [1.807, 2.05) is 18.2 Å². The van der Waals surface area contributed by atoms with E-state index in [9.17, 15) is 13.6 Å². The van der Waals surface area contributed by atoms with Crippen molar-refractivity contribution in [1.29, 1.82) is 0 Å². The number of fused-ring (bicyclic) bond motifs is 1. The second-order valence-electron chi connectivity index (χ2n) is 9.56. The van der Waals surface area contributed by atoms with Gasteiger partial charge in [-0.1, -0.05) is 11.2 Å². The quantitative estimate of drug-likeness (QED) is 0.252. The van der Waals surface area contributed by atoms with Crippen LogP contribution < -0.4 is 20.4 Å². The van der Waals surface area contributed by atoms with Crippen LogP contribution in [0.1, 0.15) is 6.42 Å². The Labute approximate surface area is 225 Å². The molecule has 3 N–H and O–H groups in total. The number of anilines is 1. The maximum absolute atomic E-state index is 14.6. The van der Waals surface area contributed by atoms with Crippen molar-refractivity contribution in [3.8, 4) is 5.75 Å². The zero-order valence-electron chi connectivity index (χ0n) is 22.1. The molecule has 2 aromatic carbocycles. The van der Waals surface area contributed by atoms with Gasteiger partial charge in [0.15, 0.2) is 18.6 Å². The molecule has 1 unspecified atom stereocenters. The fraction of sp³-hybridized carbons (Fsp3) is 0.346. The maximum Gasteiger partial charge on any atom is 0.276 e. The monoisotopic (exact) mass is 540 g/mol. The molecule has 13 heteroatoms. The summed E-state index contributed by atoms with van der Waals surface area (Å²) >= 11 is 0. The third-order valence-electron chi connectivity index (χ3n) is 6.13. The van der Waals surface area contributed by atoms with Gasteiger partial charge in [-0.25, -0.2) is 14.4 Å². The number of carbonyl (C=O) groups is 1. The second-order valence-corrected chi connectivity index (χ2v) is 9.56. The molecule has 4 rings (SSSR count). The molecule has 1 aromatic heterocycles. The highest BCUT2D eigenvalue weighted by Gasteiger charge is 2.40. The minimum Gasteiger partial charge on any atom is -0.493 e. The van der Waals surface area contributed by atoms with Crippen LogP contribution in [-0.4, -0.2) is 79.6 Å². The Kier molecular flexibility index (Phi) is 8.74. The summed E-state index contributed by atoms with van der Waals surface area (Å²) in [6.45, 7) is 3.04. The van der Waals surface area contributed by atoms with Crippen LogP contribution in [0.25, 0.3) is 10.9 Å². The summed E-state index contributed by atoms with van der Waals surface area (Å²) in [5.74, 6) is -1.71. The average molecular weight is 541 g/mol. The smallest absolute Gasteiger partial charge is 0.276 e. The van der Waals surface area contributed by atoms with E-state index < -0.39 is 28.7 Å². The first-order chi connectivity index (χ1) is 18.7. The van der Waals surface area contributed by atoms with Gasteiger partial charge in [0.25, 0.3) is 5.91 Å². The summed E-state index contributed by atoms with van der Waals surface area (Å²) in [6.07, 6.45) is 3.65. The number of halogens is 2. The molecule has 0 radical (unpaired) electrons. The Balaban J connectivity index is 1.47. The Bertz CT molecular complexity index is 1400. The lowest BCUT2D eigenvalue weighted by Gasteiger charge is -2.22. The molecule has 0 aliphatic carbocycles. The van der Waals surface area contributed by atoms with E-state index >= 15 is 0 Å². The van der Waals surface area contributed by atoms with Crippen molar-refractivity contribution in [2.24, 2.45) is 16.1 Å². The van der Waals surface area contributed by atoms with Gasteiger partial charge >= 0.3 is 0 Å². The van der Waals surface area contributed by atoms with Gasteiger partial charge in [-0.2, -0.15) is 4.39 Å². The van der Waals surface area contributed by atoms with Crippen molar-refractivity contribution in [2.45, 2.75) is 6.42 Å². The average Bonchev–Trinajstić information content (AvgIpc) is 3.29. The normalized spacial score (nSPS) is 16.7. The van der Waals surface area contributed by atoms with Gasteiger partial charge in [0.1, 0.15) is 17.9 Å². The summed E-state index contributed by atoms with van der Waals surface area (Å²) in [6, 6.07) is 9.09. The summed E-state index contributed by atoms with van der Waals surface area (Å²) in [4.78, 5) is 24.8. The molecule has 2 heterocycles. The first-order valence-corrected chi connectivity index (χ1v) is 12.4. The van der Waals surface area contributed by atoms with Gasteiger partial charge in [0.2, 0.25) is 17.3 Å². The first kappa shape index (κ1) is 28.0. The first-order valence-electron chi connectivity index (χ1n) is 12.4. The van der Waals surface area contributed by atoms with E-state index in [-0.39, 0.29) is 11.5 Å². The van der Waals surface area contributed by atoms with Gasteiger partial charge in [0, 0.05) is 42.4 Å². The zero-order chi connectivity index (χ0) is 28.0.